The van der Waals surface area contributed by atoms with Gasteiger partial charge in [0.2, 0.25) is 0 Å². The summed E-state index contributed by atoms with van der Waals surface area (Å²) in [7, 11) is 1.44. The van der Waals surface area contributed by atoms with Crippen molar-refractivity contribution in [2.24, 2.45) is 5.41 Å². The Balaban J connectivity index is 1.07. The second kappa shape index (κ2) is 13.1. The number of carbonyl (C=O) groups is 2. The molecule has 2 amide bonds. The first-order valence-electron chi connectivity index (χ1n) is 15.1. The molecule has 3 aromatic heterocycles. The van der Waals surface area contributed by atoms with Gasteiger partial charge in [0.1, 0.15) is 5.75 Å². The van der Waals surface area contributed by atoms with E-state index in [1.165, 1.54) is 30.6 Å². The summed E-state index contributed by atoms with van der Waals surface area (Å²) in [4.78, 5) is 38.9. The number of amides is 2. The van der Waals surface area contributed by atoms with Crippen LogP contribution in [-0.4, -0.2) is 77.6 Å². The smallest absolute Gasteiger partial charge is 0.319 e. The van der Waals surface area contributed by atoms with Crippen LogP contribution in [-0.2, 0) is 16.1 Å². The van der Waals surface area contributed by atoms with Crippen molar-refractivity contribution >= 4 is 39.2 Å². The molecule has 1 aliphatic heterocycles. The van der Waals surface area contributed by atoms with Gasteiger partial charge in [0.05, 0.1) is 33.3 Å². The van der Waals surface area contributed by atoms with Crippen molar-refractivity contribution < 1.29 is 23.5 Å². The van der Waals surface area contributed by atoms with Crippen molar-refractivity contribution in [1.29, 1.82) is 0 Å². The molecule has 2 N–H and O–H groups in total. The zero-order valence-electron chi connectivity index (χ0n) is 25.6. The van der Waals surface area contributed by atoms with Crippen molar-refractivity contribution in [3.05, 3.63) is 66.2 Å². The van der Waals surface area contributed by atoms with Gasteiger partial charge in [-0.15, -0.1) is 11.3 Å². The normalized spacial score (nSPS) is 16.0. The van der Waals surface area contributed by atoms with Crippen LogP contribution < -0.4 is 15.4 Å². The number of thiophene rings is 1. The predicted octanol–water partition coefficient (Wildman–Crippen LogP) is 5.89. The Morgan fingerprint density at radius 2 is 1.80 bits per heavy atom. The molecule has 0 radical (unpaired) electrons. The number of nitrogens with one attached hydrogen (secondary N) is 2. The lowest BCUT2D eigenvalue weighted by Crippen LogP contribution is -2.50. The van der Waals surface area contributed by atoms with Crippen LogP contribution >= 0.6 is 11.3 Å². The molecule has 1 saturated heterocycles. The van der Waals surface area contributed by atoms with Crippen LogP contribution in [0.3, 0.4) is 0 Å². The number of pyridine rings is 2. The highest BCUT2D eigenvalue weighted by molar-refractivity contribution is 7.22. The molecule has 10 nitrogen and oxygen atoms in total. The van der Waals surface area contributed by atoms with Crippen LogP contribution in [0.2, 0.25) is 0 Å². The van der Waals surface area contributed by atoms with Crippen LogP contribution in [0.5, 0.6) is 11.5 Å². The molecule has 2 fully saturated rings. The topological polar surface area (TPSA) is 109 Å². The van der Waals surface area contributed by atoms with E-state index in [4.69, 9.17) is 14.5 Å². The number of fused-ring (bicyclic) bond motifs is 1. The SMILES string of the molecule is COC(=O)C(C)(C)CN1CCN(Cc2ccc(-c3cc4nccc(Oc5ccc(NC(=O)NC6CC6)cc5F)c4s3)nc2)CC1. The lowest BCUT2D eigenvalue weighted by molar-refractivity contribution is -0.152. The lowest BCUT2D eigenvalue weighted by Gasteiger charge is -2.37. The summed E-state index contributed by atoms with van der Waals surface area (Å²) in [5, 5.41) is 5.47. The summed E-state index contributed by atoms with van der Waals surface area (Å²) in [5.41, 5.74) is 2.52. The molecule has 45 heavy (non-hydrogen) atoms. The molecule has 2 aliphatic rings. The molecule has 0 bridgehead atoms. The van der Waals surface area contributed by atoms with E-state index >= 15 is 0 Å². The van der Waals surface area contributed by atoms with Gasteiger partial charge >= 0.3 is 12.0 Å². The Labute approximate surface area is 265 Å². The van der Waals surface area contributed by atoms with Gasteiger partial charge in [-0.3, -0.25) is 24.6 Å². The van der Waals surface area contributed by atoms with Crippen molar-refractivity contribution in [3.8, 4) is 22.1 Å². The van der Waals surface area contributed by atoms with E-state index in [-0.39, 0.29) is 23.8 Å². The van der Waals surface area contributed by atoms with E-state index in [9.17, 15) is 14.0 Å². The molecule has 4 heterocycles. The summed E-state index contributed by atoms with van der Waals surface area (Å²) < 4.78 is 26.6. The third-order valence-corrected chi connectivity index (χ3v) is 9.16. The van der Waals surface area contributed by atoms with E-state index in [1.807, 2.05) is 32.2 Å². The molecule has 0 spiro atoms. The van der Waals surface area contributed by atoms with Crippen LogP contribution in [0.25, 0.3) is 20.8 Å². The third-order valence-electron chi connectivity index (χ3n) is 8.00. The second-order valence-corrected chi connectivity index (χ2v) is 13.3. The maximum atomic E-state index is 14.9. The standard InChI is InChI=1S/C33H37FN6O4S/c1-33(2,31(41)43-3)20-40-14-12-39(13-15-40)19-21-4-8-25(36-18-21)29-17-26-30(45-29)28(10-11-35-26)44-27-9-7-23(16-24(27)34)38-32(42)37-22-5-6-22/h4,7-11,16-18,22H,5-6,12-15,19-20H2,1-3H3,(H2,37,38,42). The summed E-state index contributed by atoms with van der Waals surface area (Å²) in [6.07, 6.45) is 5.49. The number of carbonyl (C=O) groups excluding carboxylic acids is 2. The van der Waals surface area contributed by atoms with Crippen LogP contribution in [0.1, 0.15) is 32.3 Å². The number of urea groups is 1. The van der Waals surface area contributed by atoms with Gasteiger partial charge in [-0.25, -0.2) is 9.18 Å². The van der Waals surface area contributed by atoms with E-state index in [2.05, 4.69) is 31.5 Å². The van der Waals surface area contributed by atoms with E-state index in [0.29, 0.717) is 18.0 Å². The van der Waals surface area contributed by atoms with Gasteiger partial charge in [-0.05, 0) is 56.5 Å². The van der Waals surface area contributed by atoms with Crippen LogP contribution in [0.15, 0.2) is 54.9 Å². The molecule has 0 atom stereocenters. The molecule has 236 valence electrons. The maximum Gasteiger partial charge on any atom is 0.319 e. The third kappa shape index (κ3) is 7.58. The number of anilines is 1. The predicted molar refractivity (Wildman–Crippen MR) is 172 cm³/mol. The largest absolute Gasteiger partial charge is 0.469 e. The first-order chi connectivity index (χ1) is 21.7. The molecular formula is C33H37FN6O4S. The molecule has 12 heteroatoms. The van der Waals surface area contributed by atoms with E-state index in [0.717, 1.165) is 71.9 Å². The van der Waals surface area contributed by atoms with Crippen molar-refractivity contribution in [1.82, 2.24) is 25.1 Å². The summed E-state index contributed by atoms with van der Waals surface area (Å²) in [5.74, 6) is -0.211. The van der Waals surface area contributed by atoms with Gasteiger partial charge in [0, 0.05) is 75.5 Å². The number of rotatable bonds is 10. The number of piperazine rings is 1. The highest BCUT2D eigenvalue weighted by Gasteiger charge is 2.32. The van der Waals surface area contributed by atoms with Crippen molar-refractivity contribution in [2.75, 3.05) is 45.2 Å². The lowest BCUT2D eigenvalue weighted by atomic mass is 9.92. The van der Waals surface area contributed by atoms with E-state index < -0.39 is 11.2 Å². The highest BCUT2D eigenvalue weighted by atomic mass is 32.1. The molecular weight excluding hydrogens is 595 g/mol. The zero-order valence-corrected chi connectivity index (χ0v) is 26.5. The Hall–Kier alpha value is -4.13. The van der Waals surface area contributed by atoms with Crippen molar-refractivity contribution in [2.45, 2.75) is 39.3 Å². The number of nitrogens with zero attached hydrogens (tertiary/aromatic N) is 4. The van der Waals surface area contributed by atoms with Gasteiger partial charge < -0.3 is 20.1 Å². The number of hydrogen-bond acceptors (Lipinski definition) is 9. The number of aromatic nitrogens is 2. The van der Waals surface area contributed by atoms with Gasteiger partial charge in [-0.2, -0.15) is 0 Å². The van der Waals surface area contributed by atoms with Gasteiger partial charge in [0.15, 0.2) is 11.6 Å². The maximum absolute atomic E-state index is 14.9. The Kier molecular flexibility index (Phi) is 8.97. The van der Waals surface area contributed by atoms with E-state index in [1.54, 1.807) is 18.3 Å². The number of benzene rings is 1. The minimum absolute atomic E-state index is 0.0566. The fourth-order valence-electron chi connectivity index (χ4n) is 5.41. The fraction of sp³-hybridized carbons (Fsp3) is 0.394. The molecule has 6 rings (SSSR count). The molecule has 4 aromatic rings. The molecule has 0 unspecified atom stereocenters. The number of methoxy groups -OCH3 is 1. The van der Waals surface area contributed by atoms with Gasteiger partial charge in [-0.1, -0.05) is 6.07 Å². The summed E-state index contributed by atoms with van der Waals surface area (Å²) >= 11 is 1.49. The zero-order chi connectivity index (χ0) is 31.6. The second-order valence-electron chi connectivity index (χ2n) is 12.2. The average Bonchev–Trinajstić information content (AvgIpc) is 3.72. The summed E-state index contributed by atoms with van der Waals surface area (Å²) in [6, 6.07) is 12.0. The number of halogens is 1. The highest BCUT2D eigenvalue weighted by Crippen LogP contribution is 2.39. The molecule has 1 aliphatic carbocycles. The fourth-order valence-corrected chi connectivity index (χ4v) is 6.45. The summed E-state index contributed by atoms with van der Waals surface area (Å²) in [6.45, 7) is 8.96. The quantitative estimate of drug-likeness (QED) is 0.209. The Bertz CT molecular complexity index is 1680. The first kappa shape index (κ1) is 30.9. The number of ether oxygens (including phenoxy) is 2. The number of esters is 1. The first-order valence-corrected chi connectivity index (χ1v) is 15.9. The molecule has 1 aromatic carbocycles. The number of hydrogen-bond donors (Lipinski definition) is 2. The molecule has 1 saturated carbocycles. The minimum atomic E-state index is -0.579. The minimum Gasteiger partial charge on any atom is -0.469 e. The average molecular weight is 633 g/mol. The van der Waals surface area contributed by atoms with Crippen LogP contribution in [0, 0.1) is 11.2 Å². The van der Waals surface area contributed by atoms with Crippen LogP contribution in [0.4, 0.5) is 14.9 Å². The Morgan fingerprint density at radius 3 is 2.49 bits per heavy atom. The van der Waals surface area contributed by atoms with Gasteiger partial charge in [0.25, 0.3) is 0 Å². The Morgan fingerprint density at radius 1 is 1.02 bits per heavy atom. The monoisotopic (exact) mass is 632 g/mol. The van der Waals surface area contributed by atoms with Crippen molar-refractivity contribution in [3.63, 3.8) is 0 Å².